The van der Waals surface area contributed by atoms with Gasteiger partial charge in [-0.15, -0.1) is 5.10 Å². The average molecular weight is 297 g/mol. The van der Waals surface area contributed by atoms with Crippen LogP contribution in [0.2, 0.25) is 0 Å². The molecule has 2 N–H and O–H groups in total. The lowest BCUT2D eigenvalue weighted by Crippen LogP contribution is -2.29. The molecule has 1 aliphatic rings. The molecule has 0 saturated carbocycles. The third kappa shape index (κ3) is 2.18. The highest BCUT2D eigenvalue weighted by molar-refractivity contribution is 5.73. The Morgan fingerprint density at radius 2 is 2.32 bits per heavy atom. The topological polar surface area (TPSA) is 74.1 Å². The van der Waals surface area contributed by atoms with Gasteiger partial charge in [0.25, 0.3) is 0 Å². The van der Waals surface area contributed by atoms with E-state index in [1.165, 1.54) is 12.8 Å². The minimum absolute atomic E-state index is 0.480. The van der Waals surface area contributed by atoms with Crippen LogP contribution in [-0.2, 0) is 0 Å². The van der Waals surface area contributed by atoms with Gasteiger partial charge in [0.1, 0.15) is 5.52 Å². The van der Waals surface area contributed by atoms with Gasteiger partial charge in [0.2, 0.25) is 5.95 Å². The summed E-state index contributed by atoms with van der Waals surface area (Å²) in [6.45, 7) is 5.21. The Morgan fingerprint density at radius 1 is 1.41 bits per heavy atom. The number of nitrogens with one attached hydrogen (secondary N) is 2. The van der Waals surface area contributed by atoms with E-state index in [1.54, 1.807) is 0 Å². The first kappa shape index (κ1) is 13.1. The summed E-state index contributed by atoms with van der Waals surface area (Å²) in [7, 11) is 0. The Hall–Kier alpha value is -2.57. The fraction of sp³-hybridized carbons (Fsp3) is 0.400. The average Bonchev–Trinajstić information content (AvgIpc) is 3.20. The Kier molecular flexibility index (Phi) is 2.99. The summed E-state index contributed by atoms with van der Waals surface area (Å²) in [5.74, 6) is 2.31. The van der Waals surface area contributed by atoms with E-state index in [2.05, 4.69) is 32.4 Å². The Bertz CT molecular complexity index is 803. The predicted octanol–water partition coefficient (Wildman–Crippen LogP) is 2.49. The number of rotatable bonds is 3. The van der Waals surface area contributed by atoms with Crippen molar-refractivity contribution in [2.75, 3.05) is 16.8 Å². The molecule has 0 aliphatic carbocycles. The maximum atomic E-state index is 4.74. The Morgan fingerprint density at radius 3 is 3.05 bits per heavy atom. The first-order valence-corrected chi connectivity index (χ1v) is 7.62. The van der Waals surface area contributed by atoms with E-state index in [9.17, 15) is 0 Å². The SMILES string of the molecule is Cc1cc(Nc2nc(N3CCCC3C)nn3cccc23)n[nH]1. The molecule has 1 fully saturated rings. The molecule has 0 spiro atoms. The third-order valence-electron chi connectivity index (χ3n) is 4.14. The summed E-state index contributed by atoms with van der Waals surface area (Å²) >= 11 is 0. The van der Waals surface area contributed by atoms with Crippen molar-refractivity contribution in [3.63, 3.8) is 0 Å². The van der Waals surface area contributed by atoms with E-state index in [4.69, 9.17) is 4.98 Å². The highest BCUT2D eigenvalue weighted by Gasteiger charge is 2.24. The fourth-order valence-corrected chi connectivity index (χ4v) is 2.97. The summed E-state index contributed by atoms with van der Waals surface area (Å²) in [5, 5.41) is 15.1. The molecule has 0 bridgehead atoms. The smallest absolute Gasteiger partial charge is 0.245 e. The van der Waals surface area contributed by atoms with Crippen LogP contribution in [0.4, 0.5) is 17.6 Å². The molecule has 4 heterocycles. The van der Waals surface area contributed by atoms with Crippen molar-refractivity contribution in [2.45, 2.75) is 32.7 Å². The molecule has 0 aromatic carbocycles. The molecular weight excluding hydrogens is 278 g/mol. The number of aromatic nitrogens is 5. The molecule has 1 saturated heterocycles. The maximum absolute atomic E-state index is 4.74. The molecular formula is C15H19N7. The van der Waals surface area contributed by atoms with Crippen LogP contribution in [0.5, 0.6) is 0 Å². The van der Waals surface area contributed by atoms with Gasteiger partial charge >= 0.3 is 0 Å². The van der Waals surface area contributed by atoms with Crippen LogP contribution in [0.25, 0.3) is 5.52 Å². The molecule has 0 radical (unpaired) electrons. The molecule has 1 atom stereocenters. The van der Waals surface area contributed by atoms with Crippen LogP contribution >= 0.6 is 0 Å². The van der Waals surface area contributed by atoms with Crippen molar-refractivity contribution in [1.29, 1.82) is 0 Å². The van der Waals surface area contributed by atoms with Crippen molar-refractivity contribution in [1.82, 2.24) is 24.8 Å². The number of hydrogen-bond donors (Lipinski definition) is 2. The van der Waals surface area contributed by atoms with Gasteiger partial charge < -0.3 is 10.2 Å². The maximum Gasteiger partial charge on any atom is 0.245 e. The van der Waals surface area contributed by atoms with E-state index in [1.807, 2.05) is 35.8 Å². The first-order chi connectivity index (χ1) is 10.7. The highest BCUT2D eigenvalue weighted by atomic mass is 15.4. The summed E-state index contributed by atoms with van der Waals surface area (Å²) in [5.41, 5.74) is 1.95. The van der Waals surface area contributed by atoms with Crippen LogP contribution in [0.1, 0.15) is 25.5 Å². The standard InChI is InChI=1S/C15H19N7/c1-10-9-13(19-18-10)16-14-12-6-4-8-22(12)20-15(17-14)21-7-3-5-11(21)2/h4,6,8-9,11H,3,5,7H2,1-2H3,(H2,16,17,18,19,20). The molecule has 1 aliphatic heterocycles. The normalized spacial score (nSPS) is 18.3. The molecule has 3 aromatic heterocycles. The second-order valence-corrected chi connectivity index (χ2v) is 5.84. The van der Waals surface area contributed by atoms with Gasteiger partial charge in [-0.05, 0) is 38.8 Å². The van der Waals surface area contributed by atoms with Gasteiger partial charge in [0.15, 0.2) is 11.6 Å². The lowest BCUT2D eigenvalue weighted by molar-refractivity contribution is 0.704. The van der Waals surface area contributed by atoms with Crippen LogP contribution in [-0.4, -0.2) is 37.4 Å². The van der Waals surface area contributed by atoms with Crippen LogP contribution in [0.3, 0.4) is 0 Å². The van der Waals surface area contributed by atoms with Crippen molar-refractivity contribution < 1.29 is 0 Å². The minimum atomic E-state index is 0.480. The number of nitrogens with zero attached hydrogens (tertiary/aromatic N) is 5. The molecule has 114 valence electrons. The van der Waals surface area contributed by atoms with Crippen molar-refractivity contribution >= 4 is 23.1 Å². The van der Waals surface area contributed by atoms with Crippen LogP contribution in [0, 0.1) is 6.92 Å². The molecule has 7 nitrogen and oxygen atoms in total. The van der Waals surface area contributed by atoms with E-state index < -0.39 is 0 Å². The quantitative estimate of drug-likeness (QED) is 0.777. The number of aromatic amines is 1. The summed E-state index contributed by atoms with van der Waals surface area (Å²) in [4.78, 5) is 7.00. The van der Waals surface area contributed by atoms with Gasteiger partial charge in [-0.2, -0.15) is 10.1 Å². The summed E-state index contributed by atoms with van der Waals surface area (Å²) in [6.07, 6.45) is 4.33. The second kappa shape index (κ2) is 5.01. The molecule has 1 unspecified atom stereocenters. The van der Waals surface area contributed by atoms with Gasteiger partial charge in [-0.25, -0.2) is 4.52 Å². The zero-order chi connectivity index (χ0) is 15.1. The highest BCUT2D eigenvalue weighted by Crippen LogP contribution is 2.26. The molecule has 3 aromatic rings. The number of hydrogen-bond acceptors (Lipinski definition) is 5. The largest absolute Gasteiger partial charge is 0.337 e. The van der Waals surface area contributed by atoms with Gasteiger partial charge in [0.05, 0.1) is 0 Å². The first-order valence-electron chi connectivity index (χ1n) is 7.62. The summed E-state index contributed by atoms with van der Waals surface area (Å²) < 4.78 is 1.87. The van der Waals surface area contributed by atoms with E-state index in [-0.39, 0.29) is 0 Å². The van der Waals surface area contributed by atoms with Crippen molar-refractivity contribution in [3.8, 4) is 0 Å². The Balaban J connectivity index is 1.76. The fourth-order valence-electron chi connectivity index (χ4n) is 2.97. The minimum Gasteiger partial charge on any atom is -0.337 e. The number of anilines is 3. The lowest BCUT2D eigenvalue weighted by atomic mass is 10.2. The van der Waals surface area contributed by atoms with Crippen molar-refractivity contribution in [2.24, 2.45) is 0 Å². The molecule has 22 heavy (non-hydrogen) atoms. The predicted molar refractivity (Wildman–Crippen MR) is 85.6 cm³/mol. The van der Waals surface area contributed by atoms with E-state index in [0.29, 0.717) is 6.04 Å². The van der Waals surface area contributed by atoms with Crippen molar-refractivity contribution in [3.05, 3.63) is 30.1 Å². The van der Waals surface area contributed by atoms with Crippen LogP contribution in [0.15, 0.2) is 24.4 Å². The lowest BCUT2D eigenvalue weighted by Gasteiger charge is -2.21. The second-order valence-electron chi connectivity index (χ2n) is 5.84. The number of aryl methyl sites for hydroxylation is 1. The Labute approximate surface area is 128 Å². The van der Waals surface area contributed by atoms with Gasteiger partial charge in [-0.3, -0.25) is 5.10 Å². The summed E-state index contributed by atoms with van der Waals surface area (Å²) in [6, 6.07) is 6.41. The van der Waals surface area contributed by atoms with Crippen LogP contribution < -0.4 is 10.2 Å². The molecule has 7 heteroatoms. The van der Waals surface area contributed by atoms with Gasteiger partial charge in [0, 0.05) is 30.5 Å². The monoisotopic (exact) mass is 297 g/mol. The zero-order valence-electron chi connectivity index (χ0n) is 12.7. The van der Waals surface area contributed by atoms with E-state index in [0.717, 1.165) is 35.3 Å². The number of H-pyrrole nitrogens is 1. The van der Waals surface area contributed by atoms with Gasteiger partial charge in [-0.1, -0.05) is 0 Å². The molecule has 4 rings (SSSR count). The zero-order valence-corrected chi connectivity index (χ0v) is 12.7. The van der Waals surface area contributed by atoms with E-state index >= 15 is 0 Å². The number of fused-ring (bicyclic) bond motifs is 1. The third-order valence-corrected chi connectivity index (χ3v) is 4.14. The molecule has 0 amide bonds.